The van der Waals surface area contributed by atoms with E-state index in [-0.39, 0.29) is 5.82 Å². The average Bonchev–Trinajstić information content (AvgIpc) is 2.83. The van der Waals surface area contributed by atoms with Crippen LogP contribution in [0.1, 0.15) is 11.5 Å². The lowest BCUT2D eigenvalue weighted by Crippen LogP contribution is -1.83. The van der Waals surface area contributed by atoms with Crippen LogP contribution >= 0.6 is 15.9 Å². The van der Waals surface area contributed by atoms with E-state index in [0.717, 1.165) is 11.3 Å². The van der Waals surface area contributed by atoms with E-state index in [1.165, 1.54) is 6.07 Å². The Labute approximate surface area is 110 Å². The van der Waals surface area contributed by atoms with Crippen LogP contribution in [0.15, 0.2) is 21.1 Å². The van der Waals surface area contributed by atoms with E-state index >= 15 is 0 Å². The Bertz CT molecular complexity index is 689. The molecule has 0 saturated carbocycles. The molecule has 0 aliphatic rings. The second kappa shape index (κ2) is 3.91. The summed E-state index contributed by atoms with van der Waals surface area (Å²) in [5.41, 5.74) is 2.91. The van der Waals surface area contributed by atoms with Crippen LogP contribution in [0.4, 0.5) is 4.39 Å². The van der Waals surface area contributed by atoms with Gasteiger partial charge in [0.2, 0.25) is 0 Å². The van der Waals surface area contributed by atoms with Gasteiger partial charge in [0, 0.05) is 6.07 Å². The molecule has 6 heteroatoms. The van der Waals surface area contributed by atoms with Gasteiger partial charge in [0.1, 0.15) is 17.4 Å². The highest BCUT2D eigenvalue weighted by Gasteiger charge is 2.16. The first kappa shape index (κ1) is 11.4. The second-order valence-corrected chi connectivity index (χ2v) is 4.92. The maximum absolute atomic E-state index is 13.4. The Morgan fingerprint density at radius 2 is 2.11 bits per heavy atom. The number of aryl methyl sites for hydroxylation is 2. The van der Waals surface area contributed by atoms with Crippen LogP contribution in [0.25, 0.3) is 22.4 Å². The number of aromatic amines is 1. The van der Waals surface area contributed by atoms with E-state index in [1.807, 2.05) is 13.8 Å². The second-order valence-electron chi connectivity index (χ2n) is 4.07. The number of nitrogens with zero attached hydrogens (tertiary/aromatic N) is 2. The van der Waals surface area contributed by atoms with Crippen LogP contribution in [0, 0.1) is 19.7 Å². The van der Waals surface area contributed by atoms with Crippen LogP contribution in [-0.2, 0) is 0 Å². The Kier molecular flexibility index (Phi) is 2.48. The van der Waals surface area contributed by atoms with Crippen LogP contribution in [-0.4, -0.2) is 15.1 Å². The quantitative estimate of drug-likeness (QED) is 0.745. The van der Waals surface area contributed by atoms with Crippen molar-refractivity contribution in [1.82, 2.24) is 15.1 Å². The fourth-order valence-corrected chi connectivity index (χ4v) is 2.28. The van der Waals surface area contributed by atoms with Gasteiger partial charge in [-0.3, -0.25) is 0 Å². The molecular formula is C12H9BrFN3O. The standard InChI is InChI=1S/C12H9BrFN3O/c1-5-11(6(2)18-17-5)12-15-9-3-7(13)8(14)4-10(9)16-12/h3-4H,1-2H3,(H,15,16). The van der Waals surface area contributed by atoms with Gasteiger partial charge in [-0.2, -0.15) is 0 Å². The molecule has 0 spiro atoms. The van der Waals surface area contributed by atoms with Crippen molar-refractivity contribution in [3.8, 4) is 11.4 Å². The lowest BCUT2D eigenvalue weighted by Gasteiger charge is -1.92. The summed E-state index contributed by atoms with van der Waals surface area (Å²) in [5, 5.41) is 3.88. The van der Waals surface area contributed by atoms with Gasteiger partial charge in [-0.25, -0.2) is 9.37 Å². The minimum Gasteiger partial charge on any atom is -0.361 e. The SMILES string of the molecule is Cc1noc(C)c1-c1nc2cc(Br)c(F)cc2[nH]1. The Hall–Kier alpha value is -1.69. The molecule has 2 heterocycles. The zero-order valence-corrected chi connectivity index (χ0v) is 11.3. The molecule has 0 unspecified atom stereocenters. The van der Waals surface area contributed by atoms with Gasteiger partial charge >= 0.3 is 0 Å². The summed E-state index contributed by atoms with van der Waals surface area (Å²) in [4.78, 5) is 7.50. The molecule has 0 radical (unpaired) electrons. The lowest BCUT2D eigenvalue weighted by molar-refractivity contribution is 0.393. The first-order valence-electron chi connectivity index (χ1n) is 5.34. The number of imidazole rings is 1. The van der Waals surface area contributed by atoms with Crippen LogP contribution in [0.5, 0.6) is 0 Å². The summed E-state index contributed by atoms with van der Waals surface area (Å²) in [7, 11) is 0. The average molecular weight is 310 g/mol. The van der Waals surface area contributed by atoms with E-state index in [4.69, 9.17) is 4.52 Å². The third-order valence-corrected chi connectivity index (χ3v) is 3.40. The molecule has 4 nitrogen and oxygen atoms in total. The van der Waals surface area contributed by atoms with E-state index < -0.39 is 0 Å². The van der Waals surface area contributed by atoms with Gasteiger partial charge in [0.05, 0.1) is 26.8 Å². The normalized spacial score (nSPS) is 11.3. The van der Waals surface area contributed by atoms with Crippen molar-refractivity contribution < 1.29 is 8.91 Å². The lowest BCUT2D eigenvalue weighted by atomic mass is 10.2. The number of aromatic nitrogens is 3. The van der Waals surface area contributed by atoms with E-state index in [1.54, 1.807) is 6.07 Å². The maximum atomic E-state index is 13.4. The van der Waals surface area contributed by atoms with Gasteiger partial charge in [0.15, 0.2) is 0 Å². The molecule has 0 fully saturated rings. The Morgan fingerprint density at radius 3 is 2.78 bits per heavy atom. The highest BCUT2D eigenvalue weighted by Crippen LogP contribution is 2.28. The largest absolute Gasteiger partial charge is 0.361 e. The molecule has 1 aromatic carbocycles. The maximum Gasteiger partial charge on any atom is 0.144 e. The molecule has 18 heavy (non-hydrogen) atoms. The molecule has 2 aromatic heterocycles. The highest BCUT2D eigenvalue weighted by atomic mass is 79.9. The zero-order valence-electron chi connectivity index (χ0n) is 9.71. The molecule has 0 amide bonds. The number of H-pyrrole nitrogens is 1. The predicted octanol–water partition coefficient (Wildman–Crippen LogP) is 3.74. The zero-order chi connectivity index (χ0) is 12.9. The molecule has 0 aliphatic heterocycles. The molecule has 92 valence electrons. The first-order valence-corrected chi connectivity index (χ1v) is 6.13. The van der Waals surface area contributed by atoms with Crippen molar-refractivity contribution in [2.24, 2.45) is 0 Å². The van der Waals surface area contributed by atoms with Crippen LogP contribution < -0.4 is 0 Å². The van der Waals surface area contributed by atoms with Crippen molar-refractivity contribution in [3.05, 3.63) is 33.9 Å². The monoisotopic (exact) mass is 309 g/mol. The minimum atomic E-state index is -0.323. The summed E-state index contributed by atoms with van der Waals surface area (Å²) in [5.74, 6) is 1.00. The summed E-state index contributed by atoms with van der Waals surface area (Å²) in [6.45, 7) is 3.66. The fourth-order valence-electron chi connectivity index (χ4n) is 1.94. The van der Waals surface area contributed by atoms with Gasteiger partial charge in [-0.1, -0.05) is 5.16 Å². The van der Waals surface area contributed by atoms with E-state index in [9.17, 15) is 4.39 Å². The van der Waals surface area contributed by atoms with Gasteiger partial charge < -0.3 is 9.51 Å². The number of hydrogen-bond acceptors (Lipinski definition) is 3. The summed E-state index contributed by atoms with van der Waals surface area (Å²) in [6, 6.07) is 3.05. The third kappa shape index (κ3) is 1.64. The van der Waals surface area contributed by atoms with Crippen LogP contribution in [0.3, 0.4) is 0 Å². The molecule has 0 atom stereocenters. The van der Waals surface area contributed by atoms with Crippen molar-refractivity contribution in [2.75, 3.05) is 0 Å². The summed E-state index contributed by atoms with van der Waals surface area (Å²) < 4.78 is 18.9. The molecule has 0 bridgehead atoms. The van der Waals surface area contributed by atoms with Crippen molar-refractivity contribution in [3.63, 3.8) is 0 Å². The topological polar surface area (TPSA) is 54.7 Å². The molecule has 0 saturated heterocycles. The smallest absolute Gasteiger partial charge is 0.144 e. The minimum absolute atomic E-state index is 0.323. The Balaban J connectivity index is 2.26. The number of nitrogens with one attached hydrogen (secondary N) is 1. The van der Waals surface area contributed by atoms with Gasteiger partial charge in [-0.05, 0) is 35.8 Å². The van der Waals surface area contributed by atoms with E-state index in [0.29, 0.717) is 27.1 Å². The first-order chi connectivity index (χ1) is 8.56. The third-order valence-electron chi connectivity index (χ3n) is 2.79. The molecule has 0 aliphatic carbocycles. The number of hydrogen-bond donors (Lipinski definition) is 1. The number of halogens is 2. The molecule has 1 N–H and O–H groups in total. The Morgan fingerprint density at radius 1 is 1.33 bits per heavy atom. The fraction of sp³-hybridized carbons (Fsp3) is 0.167. The van der Waals surface area contributed by atoms with Crippen molar-refractivity contribution in [2.45, 2.75) is 13.8 Å². The molecular weight excluding hydrogens is 301 g/mol. The molecule has 3 rings (SSSR count). The number of fused-ring (bicyclic) bond motifs is 1. The highest BCUT2D eigenvalue weighted by molar-refractivity contribution is 9.10. The molecule has 3 aromatic rings. The summed E-state index contributed by atoms with van der Waals surface area (Å²) >= 11 is 3.14. The summed E-state index contributed by atoms with van der Waals surface area (Å²) in [6.07, 6.45) is 0. The number of benzene rings is 1. The van der Waals surface area contributed by atoms with Crippen LogP contribution in [0.2, 0.25) is 0 Å². The predicted molar refractivity (Wildman–Crippen MR) is 68.7 cm³/mol. The van der Waals surface area contributed by atoms with E-state index in [2.05, 4.69) is 31.1 Å². The van der Waals surface area contributed by atoms with Gasteiger partial charge in [-0.15, -0.1) is 0 Å². The van der Waals surface area contributed by atoms with Crippen molar-refractivity contribution in [1.29, 1.82) is 0 Å². The van der Waals surface area contributed by atoms with Gasteiger partial charge in [0.25, 0.3) is 0 Å². The van der Waals surface area contributed by atoms with Crippen molar-refractivity contribution >= 4 is 27.0 Å². The number of rotatable bonds is 1.